The molecule has 8 heteroatoms. The van der Waals surface area contributed by atoms with Crippen LogP contribution in [0.5, 0.6) is 0 Å². The third-order valence-corrected chi connectivity index (χ3v) is 5.94. The fourth-order valence-electron chi connectivity index (χ4n) is 3.83. The van der Waals surface area contributed by atoms with E-state index in [0.29, 0.717) is 22.9 Å². The van der Waals surface area contributed by atoms with Gasteiger partial charge in [0.15, 0.2) is 5.96 Å². The van der Waals surface area contributed by atoms with Gasteiger partial charge in [-0.15, -0.1) is 24.0 Å². The molecule has 1 atom stereocenters. The van der Waals surface area contributed by atoms with Crippen molar-refractivity contribution >= 4 is 51.8 Å². The van der Waals surface area contributed by atoms with E-state index in [2.05, 4.69) is 31.6 Å². The Balaban J connectivity index is 0.00000280. The Morgan fingerprint density at radius 3 is 2.75 bits per heavy atom. The first kappa shape index (κ1) is 23.4. The van der Waals surface area contributed by atoms with Crippen LogP contribution in [0.4, 0.5) is 4.39 Å². The minimum atomic E-state index is -0.280. The molecule has 1 amide bonds. The first-order chi connectivity index (χ1) is 13.1. The number of hydrogen-bond donors (Lipinski definition) is 2. The molecule has 1 aliphatic carbocycles. The number of carbonyl (C=O) groups is 1. The maximum atomic E-state index is 13.7. The molecule has 1 saturated heterocycles. The molecule has 3 rings (SSSR count). The van der Waals surface area contributed by atoms with Crippen LogP contribution in [-0.2, 0) is 11.3 Å². The summed E-state index contributed by atoms with van der Waals surface area (Å²) in [4.78, 5) is 19.2. The van der Waals surface area contributed by atoms with Crippen LogP contribution in [0.25, 0.3) is 0 Å². The first-order valence-electron chi connectivity index (χ1n) is 9.84. The third kappa shape index (κ3) is 6.30. The highest BCUT2D eigenvalue weighted by atomic mass is 127. The van der Waals surface area contributed by atoms with Gasteiger partial charge in [-0.1, -0.05) is 18.9 Å². The zero-order valence-corrected chi connectivity index (χ0v) is 20.1. The lowest BCUT2D eigenvalue weighted by atomic mass is 10.1. The molecule has 1 aromatic rings. The molecule has 28 heavy (non-hydrogen) atoms. The average molecular weight is 567 g/mol. The van der Waals surface area contributed by atoms with Crippen LogP contribution in [0, 0.1) is 11.7 Å². The molecule has 1 saturated carbocycles. The van der Waals surface area contributed by atoms with Crippen molar-refractivity contribution in [2.75, 3.05) is 19.6 Å². The number of rotatable bonds is 5. The molecule has 5 nitrogen and oxygen atoms in total. The molecule has 0 radical (unpaired) electrons. The molecule has 156 valence electrons. The normalized spacial score (nSPS) is 20.2. The molecule has 2 N–H and O–H groups in total. The smallest absolute Gasteiger partial charge is 0.225 e. The second-order valence-electron chi connectivity index (χ2n) is 7.34. The second-order valence-corrected chi connectivity index (χ2v) is 8.19. The molecule has 0 bridgehead atoms. The number of aliphatic imine (C=N–C) groups is 1. The summed E-state index contributed by atoms with van der Waals surface area (Å²) in [5, 5.41) is 6.67. The van der Waals surface area contributed by atoms with E-state index in [1.54, 1.807) is 6.07 Å². The van der Waals surface area contributed by atoms with Gasteiger partial charge in [-0.25, -0.2) is 9.38 Å². The Kier molecular flexibility index (Phi) is 9.46. The average Bonchev–Trinajstić information content (AvgIpc) is 3.34. The lowest BCUT2D eigenvalue weighted by Gasteiger charge is -2.21. The van der Waals surface area contributed by atoms with Gasteiger partial charge in [-0.05, 0) is 59.8 Å². The van der Waals surface area contributed by atoms with E-state index in [4.69, 9.17) is 0 Å². The van der Waals surface area contributed by atoms with E-state index >= 15 is 0 Å². The predicted molar refractivity (Wildman–Crippen MR) is 124 cm³/mol. The third-order valence-electron chi connectivity index (χ3n) is 5.29. The zero-order valence-electron chi connectivity index (χ0n) is 16.2. The Morgan fingerprint density at radius 2 is 2.07 bits per heavy atom. The maximum Gasteiger partial charge on any atom is 0.225 e. The molecular weight excluding hydrogens is 538 g/mol. The van der Waals surface area contributed by atoms with E-state index in [9.17, 15) is 9.18 Å². The van der Waals surface area contributed by atoms with Crippen LogP contribution in [0.3, 0.4) is 0 Å². The topological polar surface area (TPSA) is 56.7 Å². The summed E-state index contributed by atoms with van der Waals surface area (Å²) >= 11 is 3.17. The summed E-state index contributed by atoms with van der Waals surface area (Å²) in [5.74, 6) is 0.987. The van der Waals surface area contributed by atoms with Gasteiger partial charge in [-0.3, -0.25) is 4.79 Å². The zero-order chi connectivity index (χ0) is 19.2. The van der Waals surface area contributed by atoms with E-state index in [0.717, 1.165) is 44.5 Å². The van der Waals surface area contributed by atoms with E-state index in [1.807, 2.05) is 17.9 Å². The molecule has 1 aliphatic heterocycles. The van der Waals surface area contributed by atoms with Gasteiger partial charge in [0.1, 0.15) is 5.82 Å². The lowest BCUT2D eigenvalue weighted by Crippen LogP contribution is -2.45. The quantitative estimate of drug-likeness (QED) is 0.321. The van der Waals surface area contributed by atoms with Crippen molar-refractivity contribution in [1.82, 2.24) is 15.5 Å². The SMILES string of the molecule is CCNC(=NCc1ccc(Br)c(F)c1)NC1CCN(C(=O)C2CCCC2)C1.I. The number of guanidine groups is 1. The summed E-state index contributed by atoms with van der Waals surface area (Å²) in [6, 6.07) is 5.26. The van der Waals surface area contributed by atoms with E-state index in [1.165, 1.54) is 18.9 Å². The molecule has 0 spiro atoms. The van der Waals surface area contributed by atoms with Crippen LogP contribution < -0.4 is 10.6 Å². The standard InChI is InChI=1S/C20H28BrFN4O.HI/c1-2-23-20(24-12-14-7-8-17(21)18(22)11-14)25-16-9-10-26(13-16)19(27)15-5-3-4-6-15;/h7-8,11,15-16H,2-6,9-10,12-13H2,1H3,(H2,23,24,25);1H. The number of halogens is 3. The fourth-order valence-corrected chi connectivity index (χ4v) is 4.08. The van der Waals surface area contributed by atoms with Gasteiger partial charge in [-0.2, -0.15) is 0 Å². The van der Waals surface area contributed by atoms with Crippen LogP contribution in [0.1, 0.15) is 44.6 Å². The molecule has 2 fully saturated rings. The number of nitrogens with zero attached hydrogens (tertiary/aromatic N) is 2. The van der Waals surface area contributed by atoms with Gasteiger partial charge in [0, 0.05) is 31.6 Å². The Bertz CT molecular complexity index is 697. The minimum Gasteiger partial charge on any atom is -0.357 e. The van der Waals surface area contributed by atoms with Crippen molar-refractivity contribution in [2.24, 2.45) is 10.9 Å². The minimum absolute atomic E-state index is 0. The molecule has 0 aromatic heterocycles. The van der Waals surface area contributed by atoms with E-state index in [-0.39, 0.29) is 41.8 Å². The first-order valence-corrected chi connectivity index (χ1v) is 10.6. The Morgan fingerprint density at radius 1 is 1.32 bits per heavy atom. The van der Waals surface area contributed by atoms with Crippen molar-refractivity contribution in [2.45, 2.75) is 51.6 Å². The number of amides is 1. The highest BCUT2D eigenvalue weighted by molar-refractivity contribution is 14.0. The van der Waals surface area contributed by atoms with Crippen LogP contribution in [0.2, 0.25) is 0 Å². The Labute approximate surface area is 192 Å². The second kappa shape index (κ2) is 11.3. The maximum absolute atomic E-state index is 13.7. The Hall–Kier alpha value is -0.900. The summed E-state index contributed by atoms with van der Waals surface area (Å²) in [5.41, 5.74) is 0.817. The number of hydrogen-bond acceptors (Lipinski definition) is 2. The molecule has 1 aromatic carbocycles. The fraction of sp³-hybridized carbons (Fsp3) is 0.600. The van der Waals surface area contributed by atoms with Crippen LogP contribution >= 0.6 is 39.9 Å². The highest BCUT2D eigenvalue weighted by Gasteiger charge is 2.32. The summed E-state index contributed by atoms with van der Waals surface area (Å²) in [6.45, 7) is 4.70. The van der Waals surface area contributed by atoms with Gasteiger partial charge < -0.3 is 15.5 Å². The summed E-state index contributed by atoms with van der Waals surface area (Å²) < 4.78 is 14.1. The summed E-state index contributed by atoms with van der Waals surface area (Å²) in [6.07, 6.45) is 5.37. The predicted octanol–water partition coefficient (Wildman–Crippen LogP) is 4.05. The van der Waals surface area contributed by atoms with Crippen molar-refractivity contribution in [3.63, 3.8) is 0 Å². The van der Waals surface area contributed by atoms with Crippen LogP contribution in [-0.4, -0.2) is 42.4 Å². The number of nitrogens with one attached hydrogen (secondary N) is 2. The van der Waals surface area contributed by atoms with Crippen LogP contribution in [0.15, 0.2) is 27.7 Å². The largest absolute Gasteiger partial charge is 0.357 e. The lowest BCUT2D eigenvalue weighted by molar-refractivity contribution is -0.134. The summed E-state index contributed by atoms with van der Waals surface area (Å²) in [7, 11) is 0. The highest BCUT2D eigenvalue weighted by Crippen LogP contribution is 2.27. The molecule has 1 unspecified atom stereocenters. The van der Waals surface area contributed by atoms with Crippen molar-refractivity contribution in [3.8, 4) is 0 Å². The monoisotopic (exact) mass is 566 g/mol. The van der Waals surface area contributed by atoms with Crippen molar-refractivity contribution in [1.29, 1.82) is 0 Å². The molecule has 1 heterocycles. The molecule has 2 aliphatic rings. The number of likely N-dealkylation sites (tertiary alicyclic amines) is 1. The van der Waals surface area contributed by atoms with E-state index < -0.39 is 0 Å². The van der Waals surface area contributed by atoms with Gasteiger partial charge in [0.2, 0.25) is 5.91 Å². The van der Waals surface area contributed by atoms with Gasteiger partial charge in [0.05, 0.1) is 11.0 Å². The number of carbonyl (C=O) groups excluding carboxylic acids is 1. The molecular formula is C20H29BrFIN4O. The van der Waals surface area contributed by atoms with Crippen molar-refractivity contribution < 1.29 is 9.18 Å². The van der Waals surface area contributed by atoms with Gasteiger partial charge in [0.25, 0.3) is 0 Å². The van der Waals surface area contributed by atoms with Crippen molar-refractivity contribution in [3.05, 3.63) is 34.1 Å². The van der Waals surface area contributed by atoms with Gasteiger partial charge >= 0.3 is 0 Å². The number of benzene rings is 1.